The molecule has 0 bridgehead atoms. The average Bonchev–Trinajstić information content (AvgIpc) is 2.43. The number of hydroxylamine groups is 2. The Morgan fingerprint density at radius 2 is 1.88 bits per heavy atom. The van der Waals surface area contributed by atoms with Gasteiger partial charge in [-0.2, -0.15) is 0 Å². The molecule has 16 heavy (non-hydrogen) atoms. The summed E-state index contributed by atoms with van der Waals surface area (Å²) >= 11 is 0. The van der Waals surface area contributed by atoms with E-state index in [4.69, 9.17) is 0 Å². The van der Waals surface area contributed by atoms with Gasteiger partial charge in [0.15, 0.2) is 0 Å². The fourth-order valence-electron chi connectivity index (χ4n) is 2.21. The van der Waals surface area contributed by atoms with Crippen LogP contribution in [0.15, 0.2) is 24.3 Å². The molecule has 0 aromatic heterocycles. The van der Waals surface area contributed by atoms with Gasteiger partial charge in [0.25, 0.3) is 0 Å². The molecule has 1 aliphatic rings. The molecule has 0 spiro atoms. The van der Waals surface area contributed by atoms with Crippen LogP contribution in [-0.4, -0.2) is 16.1 Å². The number of unbranched alkanes of at least 4 members (excludes halogenated alkanes) is 1. The van der Waals surface area contributed by atoms with Crippen LogP contribution in [0.2, 0.25) is 0 Å². The molecular formula is C14H24NO. The SMILES string of the molecule is CCC/C=C/C=C/C1(C)CCC(C)(C)N1[O]. The van der Waals surface area contributed by atoms with Crippen molar-refractivity contribution >= 4 is 0 Å². The van der Waals surface area contributed by atoms with Crippen LogP contribution in [0.1, 0.15) is 53.4 Å². The molecule has 2 heteroatoms. The predicted octanol–water partition coefficient (Wildman–Crippen LogP) is 3.88. The highest BCUT2D eigenvalue weighted by Crippen LogP contribution is 2.40. The Morgan fingerprint density at radius 3 is 2.38 bits per heavy atom. The molecule has 2 nitrogen and oxygen atoms in total. The summed E-state index contributed by atoms with van der Waals surface area (Å²) in [4.78, 5) is 0. The molecule has 1 aliphatic heterocycles. The number of hydrogen-bond acceptors (Lipinski definition) is 1. The van der Waals surface area contributed by atoms with Gasteiger partial charge in [-0.3, -0.25) is 0 Å². The first-order valence-electron chi connectivity index (χ1n) is 6.24. The van der Waals surface area contributed by atoms with Gasteiger partial charge in [0.2, 0.25) is 0 Å². The second-order valence-electron chi connectivity index (χ2n) is 5.54. The summed E-state index contributed by atoms with van der Waals surface area (Å²) in [5, 5.41) is 13.4. The van der Waals surface area contributed by atoms with Gasteiger partial charge in [-0.25, -0.2) is 0 Å². The summed E-state index contributed by atoms with van der Waals surface area (Å²) in [6.07, 6.45) is 12.4. The van der Waals surface area contributed by atoms with Crippen LogP contribution in [-0.2, 0) is 5.21 Å². The number of hydrogen-bond donors (Lipinski definition) is 0. The van der Waals surface area contributed by atoms with Crippen molar-refractivity contribution in [2.75, 3.05) is 0 Å². The summed E-state index contributed by atoms with van der Waals surface area (Å²) in [6, 6.07) is 0. The van der Waals surface area contributed by atoms with E-state index in [-0.39, 0.29) is 11.1 Å². The highest BCUT2D eigenvalue weighted by atomic mass is 16.5. The van der Waals surface area contributed by atoms with E-state index in [2.05, 4.69) is 13.0 Å². The topological polar surface area (TPSA) is 23.1 Å². The van der Waals surface area contributed by atoms with Gasteiger partial charge >= 0.3 is 0 Å². The van der Waals surface area contributed by atoms with Crippen molar-refractivity contribution in [3.05, 3.63) is 24.3 Å². The lowest BCUT2D eigenvalue weighted by Crippen LogP contribution is -2.45. The Labute approximate surface area is 99.6 Å². The van der Waals surface area contributed by atoms with Crippen LogP contribution >= 0.6 is 0 Å². The molecule has 0 N–H and O–H groups in total. The Morgan fingerprint density at radius 1 is 1.19 bits per heavy atom. The van der Waals surface area contributed by atoms with E-state index >= 15 is 0 Å². The maximum atomic E-state index is 12.1. The zero-order valence-corrected chi connectivity index (χ0v) is 11.0. The maximum Gasteiger partial charge on any atom is 0.0654 e. The Hall–Kier alpha value is -0.600. The third-order valence-corrected chi connectivity index (χ3v) is 3.41. The smallest absolute Gasteiger partial charge is 0.0654 e. The van der Waals surface area contributed by atoms with Gasteiger partial charge in [-0.05, 0) is 40.0 Å². The van der Waals surface area contributed by atoms with Crippen LogP contribution in [0, 0.1) is 0 Å². The summed E-state index contributed by atoms with van der Waals surface area (Å²) in [7, 11) is 0. The highest BCUT2D eigenvalue weighted by Gasteiger charge is 2.46. The van der Waals surface area contributed by atoms with Crippen LogP contribution in [0.25, 0.3) is 0 Å². The molecule has 1 radical (unpaired) electrons. The largest absolute Gasteiger partial charge is 0.140 e. The number of allylic oxidation sites excluding steroid dienone is 3. The lowest BCUT2D eigenvalue weighted by molar-refractivity contribution is -0.236. The third-order valence-electron chi connectivity index (χ3n) is 3.41. The summed E-state index contributed by atoms with van der Waals surface area (Å²) in [5.74, 6) is 0. The molecule has 0 aromatic rings. The summed E-state index contributed by atoms with van der Waals surface area (Å²) < 4.78 is 0. The van der Waals surface area contributed by atoms with Gasteiger partial charge in [-0.1, -0.05) is 37.6 Å². The van der Waals surface area contributed by atoms with E-state index in [0.29, 0.717) is 0 Å². The minimum absolute atomic E-state index is 0.216. The molecule has 0 amide bonds. The number of nitrogens with zero attached hydrogens (tertiary/aromatic N) is 1. The molecule has 1 atom stereocenters. The van der Waals surface area contributed by atoms with Crippen molar-refractivity contribution in [1.29, 1.82) is 0 Å². The van der Waals surface area contributed by atoms with E-state index in [0.717, 1.165) is 19.3 Å². The van der Waals surface area contributed by atoms with Crippen molar-refractivity contribution in [2.24, 2.45) is 0 Å². The standard InChI is InChI=1S/C14H24NO/c1-5-6-7-8-9-10-14(4)12-11-13(2,3)15(14)16/h7-10H,5-6,11-12H2,1-4H3/b8-7+,10-9+. The zero-order valence-electron chi connectivity index (χ0n) is 11.0. The minimum atomic E-state index is -0.319. The Balaban J connectivity index is 2.60. The predicted molar refractivity (Wildman–Crippen MR) is 67.4 cm³/mol. The Kier molecular flexibility index (Phi) is 4.34. The molecule has 1 unspecified atom stereocenters. The molecule has 91 valence electrons. The maximum absolute atomic E-state index is 12.1. The fraction of sp³-hybridized carbons (Fsp3) is 0.714. The molecule has 0 aromatic carbocycles. The van der Waals surface area contributed by atoms with Crippen molar-refractivity contribution in [2.45, 2.75) is 64.5 Å². The Bertz CT molecular complexity index is 280. The number of rotatable bonds is 4. The third kappa shape index (κ3) is 2.96. The molecule has 1 rings (SSSR count). The van der Waals surface area contributed by atoms with Crippen molar-refractivity contribution in [3.8, 4) is 0 Å². The summed E-state index contributed by atoms with van der Waals surface area (Å²) in [5.41, 5.74) is -0.535. The molecule has 1 heterocycles. The molecule has 0 aliphatic carbocycles. The van der Waals surface area contributed by atoms with E-state index in [1.807, 2.05) is 39.0 Å². The van der Waals surface area contributed by atoms with Crippen LogP contribution < -0.4 is 0 Å². The molecule has 0 saturated carbocycles. The first-order chi connectivity index (χ1) is 7.42. The van der Waals surface area contributed by atoms with Crippen LogP contribution in [0.5, 0.6) is 0 Å². The monoisotopic (exact) mass is 222 g/mol. The van der Waals surface area contributed by atoms with Crippen LogP contribution in [0.4, 0.5) is 0 Å². The van der Waals surface area contributed by atoms with E-state index in [9.17, 15) is 5.21 Å². The molecule has 1 saturated heterocycles. The van der Waals surface area contributed by atoms with Crippen molar-refractivity contribution in [3.63, 3.8) is 0 Å². The van der Waals surface area contributed by atoms with Crippen molar-refractivity contribution in [1.82, 2.24) is 5.06 Å². The van der Waals surface area contributed by atoms with Gasteiger partial charge in [0, 0.05) is 5.54 Å². The zero-order chi connectivity index (χ0) is 12.2. The van der Waals surface area contributed by atoms with Gasteiger partial charge in [-0.15, -0.1) is 10.3 Å². The molecule has 1 fully saturated rings. The second-order valence-corrected chi connectivity index (χ2v) is 5.54. The normalized spacial score (nSPS) is 30.8. The van der Waals surface area contributed by atoms with E-state index in [1.165, 1.54) is 11.5 Å². The minimum Gasteiger partial charge on any atom is -0.140 e. The van der Waals surface area contributed by atoms with Gasteiger partial charge in [0.1, 0.15) is 0 Å². The first kappa shape index (κ1) is 13.5. The fourth-order valence-corrected chi connectivity index (χ4v) is 2.21. The van der Waals surface area contributed by atoms with E-state index in [1.54, 1.807) is 0 Å². The van der Waals surface area contributed by atoms with E-state index < -0.39 is 0 Å². The quantitative estimate of drug-likeness (QED) is 0.662. The first-order valence-corrected chi connectivity index (χ1v) is 6.24. The van der Waals surface area contributed by atoms with Gasteiger partial charge < -0.3 is 0 Å². The average molecular weight is 222 g/mol. The summed E-state index contributed by atoms with van der Waals surface area (Å²) in [6.45, 7) is 8.23. The highest BCUT2D eigenvalue weighted by molar-refractivity contribution is 5.15. The van der Waals surface area contributed by atoms with Gasteiger partial charge in [0.05, 0.1) is 5.54 Å². The van der Waals surface area contributed by atoms with Crippen LogP contribution in [0.3, 0.4) is 0 Å². The lowest BCUT2D eigenvalue weighted by Gasteiger charge is -2.32. The lowest BCUT2D eigenvalue weighted by atomic mass is 9.98. The second kappa shape index (κ2) is 5.15. The molecular weight excluding hydrogens is 198 g/mol. The van der Waals surface area contributed by atoms with Crippen molar-refractivity contribution < 1.29 is 5.21 Å².